The number of aromatic hydroxyl groups is 1. The fourth-order valence-electron chi connectivity index (χ4n) is 4.83. The molecule has 4 unspecified atom stereocenters. The number of aliphatic carboxylic acids is 1. The average Bonchev–Trinajstić information content (AvgIpc) is 3.44. The Morgan fingerprint density at radius 1 is 0.900 bits per heavy atom. The van der Waals surface area contributed by atoms with Crippen LogP contribution in [0.3, 0.4) is 0 Å². The Labute approximate surface area is 233 Å². The zero-order valence-electron chi connectivity index (χ0n) is 22.5. The van der Waals surface area contributed by atoms with Crippen LogP contribution in [0.1, 0.15) is 43.2 Å². The second-order valence-electron chi connectivity index (χ2n) is 10.1. The van der Waals surface area contributed by atoms with E-state index < -0.39 is 47.9 Å². The largest absolute Gasteiger partial charge is 0.508 e. The molecular weight excluding hydrogens is 514 g/mol. The van der Waals surface area contributed by atoms with Crippen LogP contribution >= 0.6 is 0 Å². The maximum Gasteiger partial charge on any atom is 0.326 e. The number of carboxylic acids is 1. The number of hydrogen-bond acceptors (Lipinski definition) is 7. The highest BCUT2D eigenvalue weighted by molar-refractivity contribution is 5.94. The van der Waals surface area contributed by atoms with Gasteiger partial charge in [0.25, 0.3) is 0 Å². The summed E-state index contributed by atoms with van der Waals surface area (Å²) in [6.45, 7) is 0.705. The first-order chi connectivity index (χ1) is 19.2. The fourth-order valence-corrected chi connectivity index (χ4v) is 4.83. The summed E-state index contributed by atoms with van der Waals surface area (Å²) in [6.07, 6.45) is 2.72. The highest BCUT2D eigenvalue weighted by Gasteiger charge is 2.38. The molecule has 1 fully saturated rings. The molecule has 3 rings (SSSR count). The first kappa shape index (κ1) is 30.6. The van der Waals surface area contributed by atoms with Crippen LogP contribution in [-0.2, 0) is 32.0 Å². The van der Waals surface area contributed by atoms with Crippen molar-refractivity contribution in [3.05, 3.63) is 65.7 Å². The van der Waals surface area contributed by atoms with Crippen molar-refractivity contribution in [1.82, 2.24) is 15.5 Å². The molecule has 11 nitrogen and oxygen atoms in total. The third kappa shape index (κ3) is 8.78. The molecule has 1 heterocycles. The Morgan fingerprint density at radius 2 is 1.55 bits per heavy atom. The van der Waals surface area contributed by atoms with Gasteiger partial charge < -0.3 is 37.2 Å². The third-order valence-corrected chi connectivity index (χ3v) is 7.03. The van der Waals surface area contributed by atoms with Gasteiger partial charge >= 0.3 is 5.97 Å². The number of carbonyl (C=O) groups is 4. The SMILES string of the molecule is NCCCCC(NC(=O)C(Cc1ccc(O)cc1)NC(=O)C(N)Cc1ccccc1)C(=O)N1CCCC1C(=O)O. The lowest BCUT2D eigenvalue weighted by atomic mass is 10.0. The summed E-state index contributed by atoms with van der Waals surface area (Å²) in [4.78, 5) is 53.1. The maximum atomic E-state index is 13.6. The van der Waals surface area contributed by atoms with Crippen LogP contribution in [0.15, 0.2) is 54.6 Å². The van der Waals surface area contributed by atoms with Gasteiger partial charge in [0.05, 0.1) is 6.04 Å². The molecule has 0 radical (unpaired) electrons. The Morgan fingerprint density at radius 3 is 2.20 bits per heavy atom. The number of likely N-dealkylation sites (tertiary alicyclic amines) is 1. The average molecular weight is 554 g/mol. The van der Waals surface area contributed by atoms with Crippen molar-refractivity contribution >= 4 is 23.7 Å². The van der Waals surface area contributed by atoms with Crippen LogP contribution in [0.25, 0.3) is 0 Å². The summed E-state index contributed by atoms with van der Waals surface area (Å²) in [7, 11) is 0. The van der Waals surface area contributed by atoms with Crippen molar-refractivity contribution in [2.45, 2.75) is 69.1 Å². The minimum absolute atomic E-state index is 0.0582. The van der Waals surface area contributed by atoms with Crippen LogP contribution in [0.4, 0.5) is 0 Å². The Hall–Kier alpha value is -3.96. The van der Waals surface area contributed by atoms with Gasteiger partial charge in [0.1, 0.15) is 23.9 Å². The van der Waals surface area contributed by atoms with E-state index in [2.05, 4.69) is 10.6 Å². The maximum absolute atomic E-state index is 13.6. The number of nitrogens with two attached hydrogens (primary N) is 2. The zero-order valence-corrected chi connectivity index (χ0v) is 22.5. The Kier molecular flexibility index (Phi) is 11.5. The fraction of sp³-hybridized carbons (Fsp3) is 0.448. The topological polar surface area (TPSA) is 188 Å². The molecule has 0 saturated carbocycles. The van der Waals surface area contributed by atoms with E-state index in [1.165, 1.54) is 17.0 Å². The van der Waals surface area contributed by atoms with Crippen LogP contribution in [0.5, 0.6) is 5.75 Å². The second kappa shape index (κ2) is 15.0. The summed E-state index contributed by atoms with van der Waals surface area (Å²) in [5.41, 5.74) is 13.3. The highest BCUT2D eigenvalue weighted by Crippen LogP contribution is 2.20. The highest BCUT2D eigenvalue weighted by atomic mass is 16.4. The molecule has 2 aromatic rings. The number of phenols is 1. The van der Waals surface area contributed by atoms with Gasteiger partial charge in [0.15, 0.2) is 0 Å². The summed E-state index contributed by atoms with van der Waals surface area (Å²) >= 11 is 0. The summed E-state index contributed by atoms with van der Waals surface area (Å²) < 4.78 is 0. The predicted molar refractivity (Wildman–Crippen MR) is 149 cm³/mol. The molecule has 4 atom stereocenters. The quantitative estimate of drug-likeness (QED) is 0.184. The lowest BCUT2D eigenvalue weighted by molar-refractivity contribution is -0.149. The number of hydrogen-bond donors (Lipinski definition) is 6. The molecule has 1 saturated heterocycles. The molecule has 1 aliphatic rings. The van der Waals surface area contributed by atoms with Crippen molar-refractivity contribution in [2.75, 3.05) is 13.1 Å². The minimum Gasteiger partial charge on any atom is -0.508 e. The van der Waals surface area contributed by atoms with Gasteiger partial charge in [-0.25, -0.2) is 4.79 Å². The predicted octanol–water partition coefficient (Wildman–Crippen LogP) is 0.679. The monoisotopic (exact) mass is 553 g/mol. The van der Waals surface area contributed by atoms with Gasteiger partial charge in [-0.3, -0.25) is 14.4 Å². The molecule has 0 aromatic heterocycles. The van der Waals surface area contributed by atoms with Gasteiger partial charge in [0, 0.05) is 13.0 Å². The molecule has 3 amide bonds. The molecule has 2 aromatic carbocycles. The van der Waals surface area contributed by atoms with E-state index >= 15 is 0 Å². The Balaban J connectivity index is 1.78. The first-order valence-corrected chi connectivity index (χ1v) is 13.6. The number of benzene rings is 2. The van der Waals surface area contributed by atoms with Gasteiger partial charge in [-0.2, -0.15) is 0 Å². The smallest absolute Gasteiger partial charge is 0.326 e. The molecule has 40 heavy (non-hydrogen) atoms. The van der Waals surface area contributed by atoms with Gasteiger partial charge in [-0.15, -0.1) is 0 Å². The second-order valence-corrected chi connectivity index (χ2v) is 10.1. The van der Waals surface area contributed by atoms with Gasteiger partial charge in [-0.05, 0) is 68.3 Å². The zero-order chi connectivity index (χ0) is 29.1. The number of carbonyl (C=O) groups excluding carboxylic acids is 3. The van der Waals surface area contributed by atoms with E-state index in [1.807, 2.05) is 30.3 Å². The molecule has 216 valence electrons. The first-order valence-electron chi connectivity index (χ1n) is 13.6. The molecule has 0 aliphatic carbocycles. The van der Waals surface area contributed by atoms with E-state index in [1.54, 1.807) is 12.1 Å². The lowest BCUT2D eigenvalue weighted by Crippen LogP contribution is -2.57. The number of nitrogens with one attached hydrogen (secondary N) is 2. The molecule has 11 heteroatoms. The summed E-state index contributed by atoms with van der Waals surface area (Å²) in [6, 6.07) is 11.6. The number of carboxylic acid groups (broad SMARTS) is 1. The van der Waals surface area contributed by atoms with Crippen LogP contribution in [0, 0.1) is 0 Å². The van der Waals surface area contributed by atoms with Crippen LogP contribution in [0.2, 0.25) is 0 Å². The number of nitrogens with zero attached hydrogens (tertiary/aromatic N) is 1. The van der Waals surface area contributed by atoms with Crippen molar-refractivity contribution in [3.8, 4) is 5.75 Å². The van der Waals surface area contributed by atoms with Crippen LogP contribution < -0.4 is 22.1 Å². The Bertz CT molecular complexity index is 1140. The van der Waals surface area contributed by atoms with E-state index in [9.17, 15) is 29.4 Å². The molecular formula is C29H39N5O6. The standard InChI is InChI=1S/C29H39N5O6/c30-15-5-4-9-23(28(38)34-16-6-10-25(34)29(39)40)32-27(37)24(18-20-11-13-21(35)14-12-20)33-26(36)22(31)17-19-7-2-1-3-8-19/h1-3,7-8,11-14,22-25,35H,4-6,9-10,15-18,30-31H2,(H,32,37)(H,33,36)(H,39,40). The lowest BCUT2D eigenvalue weighted by Gasteiger charge is -2.29. The van der Waals surface area contributed by atoms with Crippen molar-refractivity contribution in [3.63, 3.8) is 0 Å². The van der Waals surface area contributed by atoms with Crippen molar-refractivity contribution in [2.24, 2.45) is 11.5 Å². The van der Waals surface area contributed by atoms with E-state index in [0.29, 0.717) is 44.3 Å². The number of unbranched alkanes of at least 4 members (excludes halogenated alkanes) is 1. The normalized spacial score (nSPS) is 17.1. The number of rotatable bonds is 14. The molecule has 0 bridgehead atoms. The summed E-state index contributed by atoms with van der Waals surface area (Å²) in [5, 5.41) is 24.7. The third-order valence-electron chi connectivity index (χ3n) is 7.03. The van der Waals surface area contributed by atoms with Crippen molar-refractivity contribution < 1.29 is 29.4 Å². The van der Waals surface area contributed by atoms with Gasteiger partial charge in [0.2, 0.25) is 17.7 Å². The van der Waals surface area contributed by atoms with Crippen molar-refractivity contribution in [1.29, 1.82) is 0 Å². The molecule has 8 N–H and O–H groups in total. The summed E-state index contributed by atoms with van der Waals surface area (Å²) in [5.74, 6) is -2.61. The van der Waals surface area contributed by atoms with Crippen LogP contribution in [-0.4, -0.2) is 76.1 Å². The van der Waals surface area contributed by atoms with E-state index in [4.69, 9.17) is 11.5 Å². The molecule has 1 aliphatic heterocycles. The number of phenolic OH excluding ortho intramolecular Hbond substituents is 1. The molecule has 0 spiro atoms. The van der Waals surface area contributed by atoms with E-state index in [0.717, 1.165) is 5.56 Å². The van der Waals surface area contributed by atoms with E-state index in [-0.39, 0.29) is 25.0 Å². The number of amides is 3. The minimum atomic E-state index is -1.08. The van der Waals surface area contributed by atoms with Gasteiger partial charge in [-0.1, -0.05) is 42.5 Å².